The average Bonchev–Trinajstić information content (AvgIpc) is 1.57. The summed E-state index contributed by atoms with van der Waals surface area (Å²) in [7, 11) is -5.76. The van der Waals surface area contributed by atoms with Gasteiger partial charge in [0.1, 0.15) is 30.2 Å². The number of halogens is 4. The summed E-state index contributed by atoms with van der Waals surface area (Å²) in [5, 5.41) is 14.0. The second kappa shape index (κ2) is 32.9. The van der Waals surface area contributed by atoms with Gasteiger partial charge in [0, 0.05) is 111 Å². The van der Waals surface area contributed by atoms with Crippen LogP contribution in [0.5, 0.6) is 0 Å². The van der Waals surface area contributed by atoms with Crippen LogP contribution in [0.1, 0.15) is 150 Å². The zero-order chi connectivity index (χ0) is 76.0. The number of piperidine rings is 1. The molecule has 566 valence electrons. The Balaban J connectivity index is 0.885. The lowest BCUT2D eigenvalue weighted by atomic mass is 9.86. The van der Waals surface area contributed by atoms with Crippen LogP contribution in [0.4, 0.5) is 23.2 Å². The third-order valence-corrected chi connectivity index (χ3v) is 21.9. The topological polar surface area (TPSA) is 344 Å². The fourth-order valence-corrected chi connectivity index (χ4v) is 15.2. The highest BCUT2D eigenvalue weighted by Crippen LogP contribution is 2.67. The van der Waals surface area contributed by atoms with Gasteiger partial charge in [-0.05, 0) is 126 Å². The molecule has 4 fully saturated rings. The zero-order valence-corrected chi connectivity index (χ0v) is 61.5. The summed E-state index contributed by atoms with van der Waals surface area (Å²) in [4.78, 5) is 157. The van der Waals surface area contributed by atoms with E-state index >= 15 is 13.6 Å². The largest absolute Gasteiger partial charge is 0.438 e. The summed E-state index contributed by atoms with van der Waals surface area (Å²) in [6.45, 7) is 13.9. The first-order valence-electron chi connectivity index (χ1n) is 34.6. The van der Waals surface area contributed by atoms with Gasteiger partial charge in [-0.15, -0.1) is 11.3 Å². The highest BCUT2D eigenvalue weighted by Gasteiger charge is 2.56. The van der Waals surface area contributed by atoms with Crippen molar-refractivity contribution in [2.45, 2.75) is 174 Å². The Morgan fingerprint density at radius 2 is 1.41 bits per heavy atom. The van der Waals surface area contributed by atoms with E-state index in [1.807, 2.05) is 30.3 Å². The lowest BCUT2D eigenvalue weighted by Gasteiger charge is -2.39. The molecule has 1 unspecified atom stereocenters. The fraction of sp³-hybridized carbons (Fsp3) is 0.563. The summed E-state index contributed by atoms with van der Waals surface area (Å²) >= 11 is 0.799. The van der Waals surface area contributed by atoms with Crippen molar-refractivity contribution >= 4 is 99.8 Å². The minimum Gasteiger partial charge on any atom is -0.438 e. The minimum atomic E-state index is -5.76. The van der Waals surface area contributed by atoms with Crippen molar-refractivity contribution in [1.29, 1.82) is 0 Å². The molecule has 9 amide bonds. The van der Waals surface area contributed by atoms with E-state index in [2.05, 4.69) is 52.3 Å². The summed E-state index contributed by atoms with van der Waals surface area (Å²) < 4.78 is 96.0. The monoisotopic (exact) mass is 1490 g/mol. The van der Waals surface area contributed by atoms with E-state index in [9.17, 15) is 61.3 Å². The van der Waals surface area contributed by atoms with E-state index in [1.165, 1.54) is 68.4 Å². The quantitative estimate of drug-likeness (QED) is 0.0122. The van der Waals surface area contributed by atoms with E-state index in [4.69, 9.17) is 24.3 Å². The number of carbonyl (C=O) groups is 11. The molecule has 4 saturated heterocycles. The molecule has 0 aliphatic carbocycles. The maximum Gasteiger partial charge on any atom is 0.410 e. The first-order valence-corrected chi connectivity index (χ1v) is 37.0. The number of primary amides is 1. The molecule has 6 heterocycles. The second-order valence-electron chi connectivity index (χ2n) is 29.8. The van der Waals surface area contributed by atoms with Gasteiger partial charge in [-0.1, -0.05) is 57.2 Å². The summed E-state index contributed by atoms with van der Waals surface area (Å²) in [5.41, 5.74) is 1.35. The normalized spacial score (nSPS) is 20.1. The molecule has 5 aliphatic heterocycles. The molecule has 1 aromatic heterocycles. The van der Waals surface area contributed by atoms with E-state index in [-0.39, 0.29) is 103 Å². The average molecular weight is 1490 g/mol. The molecule has 4 aromatic rings. The van der Waals surface area contributed by atoms with Crippen LogP contribution in [-0.4, -0.2) is 205 Å². The number of rotatable bonds is 27. The van der Waals surface area contributed by atoms with Gasteiger partial charge < -0.3 is 51.2 Å². The van der Waals surface area contributed by atoms with Crippen molar-refractivity contribution in [3.8, 4) is 0 Å². The first-order chi connectivity index (χ1) is 48.8. The lowest BCUT2D eigenvalue weighted by Crippen LogP contribution is -2.62. The van der Waals surface area contributed by atoms with Crippen LogP contribution in [0.15, 0.2) is 66.7 Å². The van der Waals surface area contributed by atoms with Crippen LogP contribution in [0.2, 0.25) is 0 Å². The summed E-state index contributed by atoms with van der Waals surface area (Å²) in [5.74, 6) is -7.64. The molecule has 0 bridgehead atoms. The van der Waals surface area contributed by atoms with Crippen LogP contribution in [0.3, 0.4) is 0 Å². The van der Waals surface area contributed by atoms with E-state index in [1.54, 1.807) is 17.0 Å². The van der Waals surface area contributed by atoms with Gasteiger partial charge in [-0.25, -0.2) is 8.78 Å². The van der Waals surface area contributed by atoms with Crippen LogP contribution in [-0.2, 0) is 90.3 Å². The molecular weight excluding hydrogens is 1400 g/mol. The number of alkyl halides is 4. The van der Waals surface area contributed by atoms with Gasteiger partial charge in [0.25, 0.3) is 18.2 Å². The Kier molecular flexibility index (Phi) is 25.2. The van der Waals surface area contributed by atoms with Gasteiger partial charge in [-0.2, -0.15) is 8.78 Å². The SMILES string of the molecule is CC(C)(C)C(=O)OCOP(=O)(OCOC(=O)C(C)(C)C)C(F)(F)c1ccc2sc(C(=O)N[C@H]3CN(CC(F)F)CC[C@H]4CC[C@@H](C(=O)N[C@@H](CCC(N)=O)C(=O)N[C@@H](Cc5ccc(C(C)(C)C)cc5)C(=O)N5CCN(CCNc6cccc7c6CN(C6CCC(=O)NC6=O)C7=O)CC5)N4C3=O)cc2c1. The molecule has 0 spiro atoms. The summed E-state index contributed by atoms with van der Waals surface area (Å²) in [6.07, 6.45) is -2.86. The molecule has 9 rings (SSSR count). The number of nitrogens with one attached hydrogen (secondary N) is 5. The standard InChI is InChI=1S/C71H92F4N11O16PS/c1-68(2,3)43-15-13-41(14-16-43)33-50(64(94)84-31-29-82(30-32-84)28-26-77-48-12-10-11-46-47(48)36-85(63(46)93)52-21-24-58(88)81-60(52)90)79-59(89)49(19-23-57(76)87)78-61(91)53-20-18-45-25-27-83(38-56(72)73)37-51(65(95)86(45)53)80-62(92)55-35-42-34-44(17-22-54(42)104-55)71(74,75)103(98,101-39-99-66(96)69(4,5)6)102-40-100-67(97)70(7,8)9/h10-17,22,34-35,45,49-53,56,77H,18-21,23-33,36-40H2,1-9H3,(H2,76,87)(H,78,91)(H,79,89)(H,80,92)(H,81,88,90)/t45-,49+,50+,51+,52?,53+/m1/s1. The Morgan fingerprint density at radius 1 is 0.760 bits per heavy atom. The third-order valence-electron chi connectivity index (χ3n) is 19.0. The highest BCUT2D eigenvalue weighted by atomic mass is 32.1. The van der Waals surface area contributed by atoms with Crippen molar-refractivity contribution in [3.63, 3.8) is 0 Å². The smallest absolute Gasteiger partial charge is 0.410 e. The van der Waals surface area contributed by atoms with Crippen molar-refractivity contribution in [2.75, 3.05) is 77.8 Å². The predicted molar refractivity (Wildman–Crippen MR) is 373 cm³/mol. The number of nitrogens with two attached hydrogens (primary N) is 1. The number of esters is 2. The number of hydrogen-bond acceptors (Lipinski definition) is 20. The van der Waals surface area contributed by atoms with E-state index in [0.29, 0.717) is 37.3 Å². The van der Waals surface area contributed by atoms with Gasteiger partial charge in [0.2, 0.25) is 54.9 Å². The zero-order valence-electron chi connectivity index (χ0n) is 59.7. The van der Waals surface area contributed by atoms with E-state index in [0.717, 1.165) is 40.3 Å². The lowest BCUT2D eigenvalue weighted by molar-refractivity contribution is -0.163. The van der Waals surface area contributed by atoms with Crippen molar-refractivity contribution in [2.24, 2.45) is 16.6 Å². The number of benzene rings is 3. The molecule has 27 nitrogen and oxygen atoms in total. The summed E-state index contributed by atoms with van der Waals surface area (Å²) in [6, 6.07) is 9.98. The van der Waals surface area contributed by atoms with Gasteiger partial charge in [0.05, 0.1) is 22.3 Å². The third kappa shape index (κ3) is 19.4. The number of nitrogens with zero attached hydrogens (tertiary/aromatic N) is 5. The number of piperazine rings is 1. The molecule has 7 N–H and O–H groups in total. The predicted octanol–water partition coefficient (Wildman–Crippen LogP) is 6.49. The van der Waals surface area contributed by atoms with Crippen LogP contribution < -0.4 is 32.3 Å². The number of fused-ring (bicyclic) bond motifs is 3. The van der Waals surface area contributed by atoms with Crippen LogP contribution >= 0.6 is 18.9 Å². The van der Waals surface area contributed by atoms with Crippen LogP contribution in [0, 0.1) is 10.8 Å². The molecule has 104 heavy (non-hydrogen) atoms. The Hall–Kier alpha value is -8.42. The minimum absolute atomic E-state index is 0.000112. The molecule has 33 heteroatoms. The molecular formula is C71H92F4N11O16PS. The number of amides is 9. The molecule has 0 radical (unpaired) electrons. The van der Waals surface area contributed by atoms with Crippen molar-refractivity contribution in [1.82, 2.24) is 45.8 Å². The molecule has 3 aromatic carbocycles. The van der Waals surface area contributed by atoms with Gasteiger partial charge >= 0.3 is 25.2 Å². The second-order valence-corrected chi connectivity index (χ2v) is 33.0. The Bertz CT molecular complexity index is 3930. The number of carbonyl (C=O) groups excluding carboxylic acids is 11. The fourth-order valence-electron chi connectivity index (χ4n) is 13.0. The van der Waals surface area contributed by atoms with Gasteiger partial charge in [0.15, 0.2) is 0 Å². The molecule has 5 aliphatic rings. The number of imide groups is 1. The van der Waals surface area contributed by atoms with Gasteiger partial charge in [-0.3, -0.25) is 81.5 Å². The van der Waals surface area contributed by atoms with Crippen molar-refractivity contribution < 1.29 is 93.4 Å². The first kappa shape index (κ1) is 79.7. The number of hydrogen-bond donors (Lipinski definition) is 6. The highest BCUT2D eigenvalue weighted by molar-refractivity contribution is 7.54. The maximum atomic E-state index is 16.7. The number of ether oxygens (including phenoxy) is 2. The molecule has 6 atom stereocenters. The number of anilines is 1. The number of thiophene rings is 1. The molecule has 0 saturated carbocycles. The Labute approximate surface area is 604 Å². The Morgan fingerprint density at radius 3 is 2.03 bits per heavy atom. The van der Waals surface area contributed by atoms with Crippen molar-refractivity contribution in [3.05, 3.63) is 99.4 Å². The maximum absolute atomic E-state index is 16.7. The van der Waals surface area contributed by atoms with Crippen LogP contribution in [0.25, 0.3) is 10.1 Å². The van der Waals surface area contributed by atoms with E-state index < -0.39 is 159 Å².